The van der Waals surface area contributed by atoms with Crippen molar-refractivity contribution in [1.82, 2.24) is 9.55 Å². The average molecular weight is 323 g/mol. The van der Waals surface area contributed by atoms with Crippen LogP contribution in [0.3, 0.4) is 0 Å². The molecular formula is C16H13Cl2FN2. The number of nitrogens with zero attached hydrogens (tertiary/aromatic N) is 2. The maximum atomic E-state index is 13.5. The summed E-state index contributed by atoms with van der Waals surface area (Å²) in [5, 5.41) is 0.587. The van der Waals surface area contributed by atoms with Gasteiger partial charge in [0.05, 0.1) is 22.5 Å². The Kier molecular flexibility index (Phi) is 3.87. The zero-order valence-corrected chi connectivity index (χ0v) is 12.9. The highest BCUT2D eigenvalue weighted by atomic mass is 35.5. The van der Waals surface area contributed by atoms with Crippen LogP contribution in [-0.4, -0.2) is 9.55 Å². The molecular weight excluding hydrogens is 310 g/mol. The molecule has 2 aromatic carbocycles. The lowest BCUT2D eigenvalue weighted by Gasteiger charge is -2.17. The number of para-hydroxylation sites is 1. The van der Waals surface area contributed by atoms with Crippen LogP contribution in [0.15, 0.2) is 42.5 Å². The highest BCUT2D eigenvalue weighted by molar-refractivity contribution is 6.35. The Hall–Kier alpha value is -1.58. The minimum Gasteiger partial charge on any atom is -0.320 e. The summed E-state index contributed by atoms with van der Waals surface area (Å²) in [7, 11) is 0. The molecule has 108 valence electrons. The Balaban J connectivity index is 2.21. The first-order valence-corrected chi connectivity index (χ1v) is 7.50. The van der Waals surface area contributed by atoms with Crippen LogP contribution in [0, 0.1) is 5.82 Å². The number of hydrogen-bond donors (Lipinski definition) is 0. The van der Waals surface area contributed by atoms with E-state index in [1.165, 1.54) is 12.1 Å². The summed E-state index contributed by atoms with van der Waals surface area (Å²) in [6.45, 7) is 1.99. The lowest BCUT2D eigenvalue weighted by Crippen LogP contribution is -2.10. The van der Waals surface area contributed by atoms with Gasteiger partial charge in [0.1, 0.15) is 17.2 Å². The number of hydrogen-bond acceptors (Lipinski definition) is 1. The van der Waals surface area contributed by atoms with Crippen LogP contribution in [0.1, 0.15) is 24.4 Å². The van der Waals surface area contributed by atoms with Crippen molar-refractivity contribution in [2.45, 2.75) is 18.8 Å². The molecule has 0 fully saturated rings. The summed E-state index contributed by atoms with van der Waals surface area (Å²) in [4.78, 5) is 4.51. The van der Waals surface area contributed by atoms with Crippen molar-refractivity contribution in [3.05, 3.63) is 64.7 Å². The van der Waals surface area contributed by atoms with Gasteiger partial charge in [-0.3, -0.25) is 0 Å². The summed E-state index contributed by atoms with van der Waals surface area (Å²) in [6, 6.07) is 12.1. The van der Waals surface area contributed by atoms with E-state index in [0.29, 0.717) is 5.02 Å². The molecule has 1 unspecified atom stereocenters. The van der Waals surface area contributed by atoms with Gasteiger partial charge in [0.25, 0.3) is 0 Å². The monoisotopic (exact) mass is 322 g/mol. The molecule has 0 bridgehead atoms. The van der Waals surface area contributed by atoms with Crippen molar-refractivity contribution in [3.8, 4) is 0 Å². The number of alkyl halides is 1. The van der Waals surface area contributed by atoms with Gasteiger partial charge in [-0.15, -0.1) is 11.6 Å². The lowest BCUT2D eigenvalue weighted by atomic mass is 10.1. The normalized spacial score (nSPS) is 12.8. The fourth-order valence-electron chi connectivity index (χ4n) is 2.57. The van der Waals surface area contributed by atoms with Crippen molar-refractivity contribution < 1.29 is 4.39 Å². The minimum atomic E-state index is -0.255. The molecule has 1 atom stereocenters. The van der Waals surface area contributed by atoms with Crippen LogP contribution in [-0.2, 0) is 5.88 Å². The van der Waals surface area contributed by atoms with E-state index in [0.717, 1.165) is 22.4 Å². The van der Waals surface area contributed by atoms with Gasteiger partial charge in [0.2, 0.25) is 0 Å². The van der Waals surface area contributed by atoms with Crippen molar-refractivity contribution in [2.24, 2.45) is 0 Å². The molecule has 21 heavy (non-hydrogen) atoms. The summed E-state index contributed by atoms with van der Waals surface area (Å²) in [5.41, 5.74) is 2.48. The standard InChI is InChI=1S/C16H13Cl2FN2/c1-10(11-4-2-5-12(19)8-11)21-14-7-3-6-13(18)16(14)20-15(21)9-17/h2-8,10H,9H2,1H3. The Morgan fingerprint density at radius 3 is 2.71 bits per heavy atom. The van der Waals surface area contributed by atoms with E-state index in [9.17, 15) is 4.39 Å². The van der Waals surface area contributed by atoms with Crippen LogP contribution >= 0.6 is 23.2 Å². The van der Waals surface area contributed by atoms with E-state index < -0.39 is 0 Å². The minimum absolute atomic E-state index is 0.0853. The SMILES string of the molecule is CC(c1cccc(F)c1)n1c(CCl)nc2c(Cl)cccc21. The zero-order valence-electron chi connectivity index (χ0n) is 11.4. The molecule has 0 amide bonds. The number of halogens is 3. The molecule has 2 nitrogen and oxygen atoms in total. The molecule has 1 aromatic heterocycles. The lowest BCUT2D eigenvalue weighted by molar-refractivity contribution is 0.603. The number of aromatic nitrogens is 2. The first kappa shape index (κ1) is 14.4. The first-order chi connectivity index (χ1) is 10.1. The molecule has 0 aliphatic rings. The number of imidazole rings is 1. The Bertz CT molecular complexity index is 798. The van der Waals surface area contributed by atoms with Crippen molar-refractivity contribution in [1.29, 1.82) is 0 Å². The highest BCUT2D eigenvalue weighted by Crippen LogP contribution is 2.30. The van der Waals surface area contributed by atoms with Gasteiger partial charge in [0, 0.05) is 0 Å². The quantitative estimate of drug-likeness (QED) is 0.608. The predicted octanol–water partition coefficient (Wildman–Crippen LogP) is 5.18. The van der Waals surface area contributed by atoms with E-state index >= 15 is 0 Å². The average Bonchev–Trinajstić information content (AvgIpc) is 2.86. The third-order valence-electron chi connectivity index (χ3n) is 3.58. The van der Waals surface area contributed by atoms with Gasteiger partial charge < -0.3 is 4.57 Å². The molecule has 3 aromatic rings. The zero-order chi connectivity index (χ0) is 15.0. The summed E-state index contributed by atoms with van der Waals surface area (Å²) in [5.74, 6) is 0.732. The smallest absolute Gasteiger partial charge is 0.125 e. The third-order valence-corrected chi connectivity index (χ3v) is 4.13. The van der Waals surface area contributed by atoms with E-state index in [1.807, 2.05) is 29.7 Å². The molecule has 0 spiro atoms. The van der Waals surface area contributed by atoms with Gasteiger partial charge >= 0.3 is 0 Å². The molecule has 3 rings (SSSR count). The van der Waals surface area contributed by atoms with Crippen molar-refractivity contribution in [2.75, 3.05) is 0 Å². The van der Waals surface area contributed by atoms with E-state index in [4.69, 9.17) is 23.2 Å². The first-order valence-electron chi connectivity index (χ1n) is 6.58. The topological polar surface area (TPSA) is 17.8 Å². The van der Waals surface area contributed by atoms with Gasteiger partial charge in [0.15, 0.2) is 0 Å². The Labute approximate surface area is 132 Å². The highest BCUT2D eigenvalue weighted by Gasteiger charge is 2.18. The van der Waals surface area contributed by atoms with Gasteiger partial charge in [-0.25, -0.2) is 9.37 Å². The van der Waals surface area contributed by atoms with Gasteiger partial charge in [-0.05, 0) is 36.8 Å². The van der Waals surface area contributed by atoms with Crippen molar-refractivity contribution >= 4 is 34.2 Å². The fourth-order valence-corrected chi connectivity index (χ4v) is 2.97. The molecule has 0 saturated carbocycles. The number of fused-ring (bicyclic) bond motifs is 1. The number of rotatable bonds is 3. The Morgan fingerprint density at radius 1 is 1.24 bits per heavy atom. The van der Waals surface area contributed by atoms with Crippen LogP contribution < -0.4 is 0 Å². The van der Waals surface area contributed by atoms with Gasteiger partial charge in [-0.2, -0.15) is 0 Å². The van der Waals surface area contributed by atoms with Gasteiger partial charge in [-0.1, -0.05) is 29.8 Å². The third kappa shape index (κ3) is 2.52. The molecule has 0 N–H and O–H groups in total. The Morgan fingerprint density at radius 2 is 2.00 bits per heavy atom. The summed E-state index contributed by atoms with van der Waals surface area (Å²) >= 11 is 12.2. The maximum Gasteiger partial charge on any atom is 0.125 e. The second kappa shape index (κ2) is 5.66. The van der Waals surface area contributed by atoms with Crippen LogP contribution in [0.4, 0.5) is 4.39 Å². The van der Waals surface area contributed by atoms with Crippen molar-refractivity contribution in [3.63, 3.8) is 0 Å². The van der Waals surface area contributed by atoms with Crippen LogP contribution in [0.25, 0.3) is 11.0 Å². The van der Waals surface area contributed by atoms with E-state index in [2.05, 4.69) is 4.98 Å². The molecule has 1 heterocycles. The van der Waals surface area contributed by atoms with E-state index in [-0.39, 0.29) is 17.7 Å². The molecule has 0 aliphatic heterocycles. The summed E-state index contributed by atoms with van der Waals surface area (Å²) < 4.78 is 15.5. The maximum absolute atomic E-state index is 13.5. The molecule has 5 heteroatoms. The number of benzene rings is 2. The molecule has 0 saturated heterocycles. The second-order valence-corrected chi connectivity index (χ2v) is 5.54. The predicted molar refractivity (Wildman–Crippen MR) is 84.5 cm³/mol. The molecule has 0 radical (unpaired) electrons. The summed E-state index contributed by atoms with van der Waals surface area (Å²) in [6.07, 6.45) is 0. The molecule has 0 aliphatic carbocycles. The fraction of sp³-hybridized carbons (Fsp3) is 0.188. The van der Waals surface area contributed by atoms with Crippen LogP contribution in [0.2, 0.25) is 5.02 Å². The van der Waals surface area contributed by atoms with E-state index in [1.54, 1.807) is 12.1 Å². The largest absolute Gasteiger partial charge is 0.320 e. The van der Waals surface area contributed by atoms with Crippen LogP contribution in [0.5, 0.6) is 0 Å². The second-order valence-electron chi connectivity index (χ2n) is 4.87.